The molecule has 0 bridgehead atoms. The third-order valence-electron chi connectivity index (χ3n) is 5.42. The van der Waals surface area contributed by atoms with E-state index in [4.69, 9.17) is 16.2 Å². The summed E-state index contributed by atoms with van der Waals surface area (Å²) >= 11 is 0. The standard InChI is InChI=1S/C22H27N5O2/c1-14(2)27-9-7-15(8-10-27)17-11-19(26-22(25)18(17)12-23)16-5-3-4-6-20(16)29-13-21(24)28/h3-6,11,14-15H,7-10,13H2,1-2H3,(H2,24,28)(H2,25,26). The van der Waals surface area contributed by atoms with Crippen molar-refractivity contribution >= 4 is 11.7 Å². The maximum Gasteiger partial charge on any atom is 0.255 e. The molecule has 1 aromatic carbocycles. The zero-order valence-electron chi connectivity index (χ0n) is 16.9. The number of piperidine rings is 1. The Bertz CT molecular complexity index is 927. The molecule has 1 amide bonds. The van der Waals surface area contributed by atoms with Gasteiger partial charge in [-0.25, -0.2) is 4.98 Å². The fraction of sp³-hybridized carbons (Fsp3) is 0.409. The lowest BCUT2D eigenvalue weighted by Gasteiger charge is -2.35. The van der Waals surface area contributed by atoms with Crippen LogP contribution in [0.25, 0.3) is 11.3 Å². The number of amides is 1. The number of pyridine rings is 1. The van der Waals surface area contributed by atoms with E-state index in [1.165, 1.54) is 0 Å². The van der Waals surface area contributed by atoms with Gasteiger partial charge in [-0.1, -0.05) is 12.1 Å². The van der Waals surface area contributed by atoms with Gasteiger partial charge in [0.25, 0.3) is 5.91 Å². The lowest BCUT2D eigenvalue weighted by Crippen LogP contribution is -2.38. The summed E-state index contributed by atoms with van der Waals surface area (Å²) in [6.45, 7) is 6.16. The molecule has 3 rings (SSSR count). The van der Waals surface area contributed by atoms with Gasteiger partial charge in [-0.15, -0.1) is 0 Å². The van der Waals surface area contributed by atoms with Gasteiger partial charge in [0.2, 0.25) is 0 Å². The summed E-state index contributed by atoms with van der Waals surface area (Å²) in [6, 6.07) is 12.0. The molecule has 0 spiro atoms. The maximum atomic E-state index is 11.1. The number of anilines is 1. The first-order valence-electron chi connectivity index (χ1n) is 9.85. The number of aromatic nitrogens is 1. The molecule has 1 aliphatic heterocycles. The maximum absolute atomic E-state index is 11.1. The molecule has 7 heteroatoms. The third kappa shape index (κ3) is 4.66. The van der Waals surface area contributed by atoms with Crippen molar-refractivity contribution in [3.05, 3.63) is 41.5 Å². The van der Waals surface area contributed by atoms with E-state index in [1.807, 2.05) is 24.3 Å². The number of hydrogen-bond donors (Lipinski definition) is 2. The van der Waals surface area contributed by atoms with Crippen LogP contribution in [0, 0.1) is 11.3 Å². The predicted molar refractivity (Wildman–Crippen MR) is 112 cm³/mol. The Labute approximate surface area is 171 Å². The molecule has 1 aromatic heterocycles. The summed E-state index contributed by atoms with van der Waals surface area (Å²) in [6.07, 6.45) is 1.94. The first-order chi connectivity index (χ1) is 13.9. The SMILES string of the molecule is CC(C)N1CCC(c2cc(-c3ccccc3OCC(N)=O)nc(N)c2C#N)CC1. The number of primary amides is 1. The van der Waals surface area contributed by atoms with Crippen molar-refractivity contribution in [2.45, 2.75) is 38.6 Å². The van der Waals surface area contributed by atoms with Gasteiger partial charge in [0.15, 0.2) is 6.61 Å². The minimum atomic E-state index is -0.551. The van der Waals surface area contributed by atoms with E-state index in [1.54, 1.807) is 6.07 Å². The van der Waals surface area contributed by atoms with Crippen LogP contribution in [0.5, 0.6) is 5.75 Å². The zero-order valence-corrected chi connectivity index (χ0v) is 16.9. The molecule has 2 aromatic rings. The van der Waals surface area contributed by atoms with Crippen molar-refractivity contribution in [3.8, 4) is 23.1 Å². The number of nitrogens with two attached hydrogens (primary N) is 2. The largest absolute Gasteiger partial charge is 0.483 e. The van der Waals surface area contributed by atoms with Crippen LogP contribution in [0.15, 0.2) is 30.3 Å². The molecule has 0 saturated carbocycles. The summed E-state index contributed by atoms with van der Waals surface area (Å²) in [5, 5.41) is 9.68. The molecule has 1 fully saturated rings. The van der Waals surface area contributed by atoms with Crippen molar-refractivity contribution in [1.82, 2.24) is 9.88 Å². The van der Waals surface area contributed by atoms with Crippen molar-refractivity contribution in [1.29, 1.82) is 5.26 Å². The van der Waals surface area contributed by atoms with Gasteiger partial charge >= 0.3 is 0 Å². The number of benzene rings is 1. The Morgan fingerprint density at radius 1 is 1.34 bits per heavy atom. The van der Waals surface area contributed by atoms with Gasteiger partial charge in [-0.3, -0.25) is 4.79 Å². The minimum absolute atomic E-state index is 0.219. The Kier molecular flexibility index (Phi) is 6.35. The lowest BCUT2D eigenvalue weighted by atomic mass is 9.86. The van der Waals surface area contributed by atoms with Crippen LogP contribution in [-0.2, 0) is 4.79 Å². The van der Waals surface area contributed by atoms with Gasteiger partial charge in [0.1, 0.15) is 17.6 Å². The highest BCUT2D eigenvalue weighted by molar-refractivity contribution is 5.76. The van der Waals surface area contributed by atoms with E-state index in [-0.39, 0.29) is 18.3 Å². The summed E-state index contributed by atoms with van der Waals surface area (Å²) in [7, 11) is 0. The van der Waals surface area contributed by atoms with Crippen molar-refractivity contribution < 1.29 is 9.53 Å². The molecule has 0 unspecified atom stereocenters. The van der Waals surface area contributed by atoms with Gasteiger partial charge in [-0.2, -0.15) is 5.26 Å². The van der Waals surface area contributed by atoms with Gasteiger partial charge in [-0.05, 0) is 69.5 Å². The molecule has 0 atom stereocenters. The van der Waals surface area contributed by atoms with Crippen LogP contribution in [0.2, 0.25) is 0 Å². The van der Waals surface area contributed by atoms with Crippen molar-refractivity contribution in [2.24, 2.45) is 5.73 Å². The highest BCUT2D eigenvalue weighted by Gasteiger charge is 2.26. The second-order valence-corrected chi connectivity index (χ2v) is 7.62. The van der Waals surface area contributed by atoms with Gasteiger partial charge in [0.05, 0.1) is 11.3 Å². The van der Waals surface area contributed by atoms with E-state index in [0.717, 1.165) is 31.5 Å². The fourth-order valence-electron chi connectivity index (χ4n) is 3.85. The van der Waals surface area contributed by atoms with Crippen LogP contribution in [0.1, 0.15) is 43.7 Å². The Balaban J connectivity index is 1.97. The lowest BCUT2D eigenvalue weighted by molar-refractivity contribution is -0.119. The van der Waals surface area contributed by atoms with Gasteiger partial charge in [0, 0.05) is 11.6 Å². The number of para-hydroxylation sites is 1. The van der Waals surface area contributed by atoms with Crippen LogP contribution >= 0.6 is 0 Å². The van der Waals surface area contributed by atoms with E-state index < -0.39 is 5.91 Å². The highest BCUT2D eigenvalue weighted by Crippen LogP contribution is 2.37. The number of nitrogen functional groups attached to an aromatic ring is 1. The number of nitriles is 1. The average Bonchev–Trinajstić information content (AvgIpc) is 2.72. The van der Waals surface area contributed by atoms with Crippen LogP contribution < -0.4 is 16.2 Å². The number of hydrogen-bond acceptors (Lipinski definition) is 6. The van der Waals surface area contributed by atoms with E-state index in [2.05, 4.69) is 29.8 Å². The molecular weight excluding hydrogens is 366 g/mol. The fourth-order valence-corrected chi connectivity index (χ4v) is 3.85. The van der Waals surface area contributed by atoms with Crippen LogP contribution in [0.3, 0.4) is 0 Å². The molecule has 1 saturated heterocycles. The second-order valence-electron chi connectivity index (χ2n) is 7.62. The molecule has 29 heavy (non-hydrogen) atoms. The van der Waals surface area contributed by atoms with E-state index >= 15 is 0 Å². The monoisotopic (exact) mass is 393 g/mol. The van der Waals surface area contributed by atoms with Crippen molar-refractivity contribution in [2.75, 3.05) is 25.4 Å². The van der Waals surface area contributed by atoms with Crippen molar-refractivity contribution in [3.63, 3.8) is 0 Å². The van der Waals surface area contributed by atoms with Gasteiger partial charge < -0.3 is 21.1 Å². The topological polar surface area (TPSA) is 118 Å². The molecule has 1 aliphatic rings. The Hall–Kier alpha value is -3.11. The van der Waals surface area contributed by atoms with E-state index in [9.17, 15) is 10.1 Å². The third-order valence-corrected chi connectivity index (χ3v) is 5.42. The summed E-state index contributed by atoms with van der Waals surface area (Å²) in [5.41, 5.74) is 14.1. The highest BCUT2D eigenvalue weighted by atomic mass is 16.5. The quantitative estimate of drug-likeness (QED) is 0.779. The number of carbonyl (C=O) groups excluding carboxylic acids is 1. The molecule has 0 aliphatic carbocycles. The molecular formula is C22H27N5O2. The Morgan fingerprint density at radius 3 is 2.66 bits per heavy atom. The molecule has 2 heterocycles. The van der Waals surface area contributed by atoms with Crippen LogP contribution in [0.4, 0.5) is 5.82 Å². The molecule has 152 valence electrons. The predicted octanol–water partition coefficient (Wildman–Crippen LogP) is 2.65. The smallest absolute Gasteiger partial charge is 0.255 e. The molecule has 0 radical (unpaired) electrons. The zero-order chi connectivity index (χ0) is 21.0. The first kappa shape index (κ1) is 20.6. The summed E-state index contributed by atoms with van der Waals surface area (Å²) < 4.78 is 5.55. The molecule has 4 N–H and O–H groups in total. The number of likely N-dealkylation sites (tertiary alicyclic amines) is 1. The number of nitrogens with zero attached hydrogens (tertiary/aromatic N) is 3. The second kappa shape index (κ2) is 8.93. The normalized spacial score (nSPS) is 15.2. The minimum Gasteiger partial charge on any atom is -0.483 e. The molecule has 7 nitrogen and oxygen atoms in total. The first-order valence-corrected chi connectivity index (χ1v) is 9.85. The number of rotatable bonds is 6. The summed E-state index contributed by atoms with van der Waals surface area (Å²) in [4.78, 5) is 18.0. The number of ether oxygens (including phenoxy) is 1. The summed E-state index contributed by atoms with van der Waals surface area (Å²) in [5.74, 6) is 0.423. The number of carbonyl (C=O) groups is 1. The van der Waals surface area contributed by atoms with E-state index in [0.29, 0.717) is 28.6 Å². The van der Waals surface area contributed by atoms with Crippen LogP contribution in [-0.4, -0.2) is 41.5 Å². The average molecular weight is 393 g/mol. The Morgan fingerprint density at radius 2 is 2.03 bits per heavy atom.